The van der Waals surface area contributed by atoms with Crippen molar-refractivity contribution in [2.45, 2.75) is 25.7 Å². The summed E-state index contributed by atoms with van der Waals surface area (Å²) in [6, 6.07) is 14.2. The lowest BCUT2D eigenvalue weighted by molar-refractivity contribution is 0.0962. The minimum absolute atomic E-state index is 0.0697. The highest BCUT2D eigenvalue weighted by molar-refractivity contribution is 5.99. The molecule has 1 atom stereocenters. The van der Waals surface area contributed by atoms with Crippen LogP contribution in [0, 0.1) is 12.7 Å². The summed E-state index contributed by atoms with van der Waals surface area (Å²) in [6.45, 7) is 1.91. The molecule has 5 rings (SSSR count). The number of ketones is 1. The Balaban J connectivity index is 1.61. The summed E-state index contributed by atoms with van der Waals surface area (Å²) in [5.74, 6) is 0.647. The van der Waals surface area contributed by atoms with Gasteiger partial charge in [-0.1, -0.05) is 24.3 Å². The van der Waals surface area contributed by atoms with E-state index in [1.54, 1.807) is 30.0 Å². The van der Waals surface area contributed by atoms with Crippen LogP contribution in [0.25, 0.3) is 16.8 Å². The van der Waals surface area contributed by atoms with Crippen LogP contribution < -0.4 is 4.74 Å². The molecule has 6 heteroatoms. The van der Waals surface area contributed by atoms with Crippen molar-refractivity contribution in [2.24, 2.45) is 0 Å². The highest BCUT2D eigenvalue weighted by Crippen LogP contribution is 2.35. The van der Waals surface area contributed by atoms with Gasteiger partial charge in [0.25, 0.3) is 0 Å². The summed E-state index contributed by atoms with van der Waals surface area (Å²) in [7, 11) is 1.64. The Morgan fingerprint density at radius 3 is 2.50 bits per heavy atom. The van der Waals surface area contributed by atoms with Crippen LogP contribution in [0.4, 0.5) is 4.39 Å². The largest absolute Gasteiger partial charge is 0.497 e. The molecule has 4 aromatic rings. The predicted octanol–water partition coefficient (Wildman–Crippen LogP) is 4.77. The number of hydrogen-bond donors (Lipinski definition) is 0. The normalized spacial score (nSPS) is 16.0. The van der Waals surface area contributed by atoms with Crippen molar-refractivity contribution in [3.8, 4) is 16.9 Å². The molecule has 2 aromatic carbocycles. The van der Waals surface area contributed by atoms with Gasteiger partial charge in [-0.15, -0.1) is 0 Å². The minimum atomic E-state index is -0.286. The van der Waals surface area contributed by atoms with Gasteiger partial charge in [-0.3, -0.25) is 4.79 Å². The first-order valence-corrected chi connectivity index (χ1v) is 9.85. The fourth-order valence-electron chi connectivity index (χ4n) is 4.27. The van der Waals surface area contributed by atoms with Crippen LogP contribution in [0.1, 0.15) is 39.6 Å². The van der Waals surface area contributed by atoms with Gasteiger partial charge in [0.15, 0.2) is 11.4 Å². The Labute approximate surface area is 173 Å². The number of benzene rings is 2. The molecule has 0 spiro atoms. The summed E-state index contributed by atoms with van der Waals surface area (Å²) in [5, 5.41) is 4.70. The fraction of sp³-hybridized carbons (Fsp3) is 0.208. The lowest BCUT2D eigenvalue weighted by Gasteiger charge is -2.24. The maximum absolute atomic E-state index is 13.4. The number of carbonyl (C=O) groups excluding carboxylic acids is 1. The van der Waals surface area contributed by atoms with Crippen LogP contribution in [0.15, 0.2) is 54.7 Å². The van der Waals surface area contributed by atoms with E-state index in [-0.39, 0.29) is 17.5 Å². The van der Waals surface area contributed by atoms with E-state index in [0.29, 0.717) is 24.1 Å². The van der Waals surface area contributed by atoms with Gasteiger partial charge in [-0.2, -0.15) is 5.10 Å². The molecule has 150 valence electrons. The SMILES string of the molecule is COc1ccc(C2CC(=O)c3cnc4c(-c5ccc(F)cc5)c(C)nn4c3C2)cc1. The van der Waals surface area contributed by atoms with Crippen molar-refractivity contribution in [2.75, 3.05) is 7.11 Å². The number of methoxy groups -OCH3 is 1. The molecule has 0 fully saturated rings. The van der Waals surface area contributed by atoms with Gasteiger partial charge >= 0.3 is 0 Å². The molecule has 0 aliphatic heterocycles. The maximum Gasteiger partial charge on any atom is 0.166 e. The average Bonchev–Trinajstić information content (AvgIpc) is 3.10. The van der Waals surface area contributed by atoms with Gasteiger partial charge in [-0.05, 0) is 54.7 Å². The molecule has 1 aliphatic rings. The molecule has 1 unspecified atom stereocenters. The zero-order valence-electron chi connectivity index (χ0n) is 16.7. The maximum atomic E-state index is 13.4. The standard InChI is InChI=1S/C24H20FN3O2/c1-14-23(16-3-7-18(25)8-4-16)24-26-13-20-21(28(24)27-14)11-17(12-22(20)29)15-5-9-19(30-2)10-6-15/h3-10,13,17H,11-12H2,1-2H3. The first-order chi connectivity index (χ1) is 14.5. The highest BCUT2D eigenvalue weighted by atomic mass is 19.1. The third kappa shape index (κ3) is 2.96. The average molecular weight is 401 g/mol. The number of ether oxygens (including phenoxy) is 1. The van der Waals surface area contributed by atoms with Crippen LogP contribution >= 0.6 is 0 Å². The second kappa shape index (κ2) is 7.06. The van der Waals surface area contributed by atoms with Crippen LogP contribution in [0.5, 0.6) is 5.75 Å². The molecule has 2 aromatic heterocycles. The van der Waals surface area contributed by atoms with Crippen molar-refractivity contribution in [1.29, 1.82) is 0 Å². The lowest BCUT2D eigenvalue weighted by atomic mass is 9.82. The van der Waals surface area contributed by atoms with Gasteiger partial charge in [0.1, 0.15) is 11.6 Å². The zero-order chi connectivity index (χ0) is 20.8. The van der Waals surface area contributed by atoms with Gasteiger partial charge in [-0.25, -0.2) is 13.9 Å². The number of aromatic nitrogens is 3. The van der Waals surface area contributed by atoms with Crippen LogP contribution in [0.3, 0.4) is 0 Å². The van der Waals surface area contributed by atoms with E-state index < -0.39 is 0 Å². The molecule has 5 nitrogen and oxygen atoms in total. The Morgan fingerprint density at radius 2 is 1.80 bits per heavy atom. The third-order valence-electron chi connectivity index (χ3n) is 5.81. The van der Waals surface area contributed by atoms with Crippen molar-refractivity contribution in [3.63, 3.8) is 0 Å². The molecule has 2 heterocycles. The third-order valence-corrected chi connectivity index (χ3v) is 5.81. The summed E-state index contributed by atoms with van der Waals surface area (Å²) >= 11 is 0. The van der Waals surface area contributed by atoms with Gasteiger partial charge in [0.2, 0.25) is 0 Å². The van der Waals surface area contributed by atoms with E-state index in [4.69, 9.17) is 9.84 Å². The Hall–Kier alpha value is -3.54. The minimum Gasteiger partial charge on any atom is -0.497 e. The molecular formula is C24H20FN3O2. The summed E-state index contributed by atoms with van der Waals surface area (Å²) < 4.78 is 20.4. The van der Waals surface area contributed by atoms with Crippen molar-refractivity contribution in [1.82, 2.24) is 14.6 Å². The fourth-order valence-corrected chi connectivity index (χ4v) is 4.27. The van der Waals surface area contributed by atoms with Gasteiger partial charge in [0, 0.05) is 18.2 Å². The highest BCUT2D eigenvalue weighted by Gasteiger charge is 2.30. The molecule has 0 amide bonds. The van der Waals surface area contributed by atoms with Crippen molar-refractivity contribution < 1.29 is 13.9 Å². The zero-order valence-corrected chi connectivity index (χ0v) is 16.7. The summed E-state index contributed by atoms with van der Waals surface area (Å²) in [4.78, 5) is 17.4. The molecular weight excluding hydrogens is 381 g/mol. The predicted molar refractivity (Wildman–Crippen MR) is 112 cm³/mol. The van der Waals surface area contributed by atoms with E-state index in [2.05, 4.69) is 4.98 Å². The molecule has 0 radical (unpaired) electrons. The number of fused-ring (bicyclic) bond motifs is 3. The van der Waals surface area contributed by atoms with Gasteiger partial charge in [0.05, 0.1) is 24.1 Å². The van der Waals surface area contributed by atoms with Crippen LogP contribution in [0.2, 0.25) is 0 Å². The lowest BCUT2D eigenvalue weighted by Crippen LogP contribution is -2.22. The number of Topliss-reactive ketones (excluding diaryl/α,β-unsaturated/α-hetero) is 1. The molecule has 0 bridgehead atoms. The van der Waals surface area contributed by atoms with E-state index >= 15 is 0 Å². The topological polar surface area (TPSA) is 56.5 Å². The Bertz CT molecular complexity index is 1260. The second-order valence-electron chi connectivity index (χ2n) is 7.62. The first kappa shape index (κ1) is 18.5. The number of aryl methyl sites for hydroxylation is 1. The number of rotatable bonds is 3. The van der Waals surface area contributed by atoms with Gasteiger partial charge < -0.3 is 4.74 Å². The van der Waals surface area contributed by atoms with Crippen LogP contribution in [-0.2, 0) is 6.42 Å². The molecule has 0 N–H and O–H groups in total. The van der Waals surface area contributed by atoms with E-state index in [1.165, 1.54) is 12.1 Å². The number of hydrogen-bond acceptors (Lipinski definition) is 4. The smallest absolute Gasteiger partial charge is 0.166 e. The number of carbonyl (C=O) groups is 1. The number of nitrogens with zero attached hydrogens (tertiary/aromatic N) is 3. The first-order valence-electron chi connectivity index (χ1n) is 9.85. The van der Waals surface area contributed by atoms with Crippen molar-refractivity contribution >= 4 is 11.4 Å². The molecule has 0 saturated carbocycles. The number of halogens is 1. The summed E-state index contributed by atoms with van der Waals surface area (Å²) in [5.41, 5.74) is 5.78. The van der Waals surface area contributed by atoms with Crippen LogP contribution in [-0.4, -0.2) is 27.5 Å². The monoisotopic (exact) mass is 401 g/mol. The van der Waals surface area contributed by atoms with Crippen molar-refractivity contribution in [3.05, 3.63) is 83.1 Å². The Morgan fingerprint density at radius 1 is 1.07 bits per heavy atom. The van der Waals surface area contributed by atoms with E-state index in [0.717, 1.165) is 33.8 Å². The molecule has 0 saturated heterocycles. The van der Waals surface area contributed by atoms with E-state index in [1.807, 2.05) is 31.2 Å². The summed E-state index contributed by atoms with van der Waals surface area (Å²) in [6.07, 6.45) is 2.79. The Kier molecular flexibility index (Phi) is 4.35. The molecule has 1 aliphatic carbocycles. The molecule has 30 heavy (non-hydrogen) atoms. The quantitative estimate of drug-likeness (QED) is 0.496. The van der Waals surface area contributed by atoms with E-state index in [9.17, 15) is 9.18 Å². The second-order valence-corrected chi connectivity index (χ2v) is 7.62.